The van der Waals surface area contributed by atoms with Crippen molar-refractivity contribution in [2.24, 2.45) is 0 Å². The van der Waals surface area contributed by atoms with Crippen LogP contribution in [0.1, 0.15) is 24.0 Å². The lowest BCUT2D eigenvalue weighted by Gasteiger charge is -2.21. The summed E-state index contributed by atoms with van der Waals surface area (Å²) >= 11 is 0. The van der Waals surface area contributed by atoms with Crippen LogP contribution < -0.4 is 10.1 Å². The quantitative estimate of drug-likeness (QED) is 0.858. The third-order valence-corrected chi connectivity index (χ3v) is 3.42. The molecule has 1 heterocycles. The first-order chi connectivity index (χ1) is 10.4. The van der Waals surface area contributed by atoms with Crippen LogP contribution in [0.3, 0.4) is 0 Å². The summed E-state index contributed by atoms with van der Waals surface area (Å²) in [5.41, 5.74) is -0.351. The molecule has 0 spiro atoms. The summed E-state index contributed by atoms with van der Waals surface area (Å²) < 4.78 is 10.5. The number of carbonyl (C=O) groups excluding carboxylic acids is 1. The van der Waals surface area contributed by atoms with E-state index in [1.54, 1.807) is 26.2 Å². The second-order valence-corrected chi connectivity index (χ2v) is 5.49. The molecule has 1 amide bonds. The number of carbonyl (C=O) groups is 1. The van der Waals surface area contributed by atoms with Gasteiger partial charge in [0.1, 0.15) is 22.9 Å². The molecule has 5 heteroatoms. The number of nitrogens with one attached hydrogen (secondary N) is 1. The Kier molecular flexibility index (Phi) is 4.88. The Morgan fingerprint density at radius 1 is 1.27 bits per heavy atom. The molecule has 0 bridgehead atoms. The van der Waals surface area contributed by atoms with Crippen LogP contribution in [0.4, 0.5) is 0 Å². The first kappa shape index (κ1) is 16.1. The van der Waals surface area contributed by atoms with Crippen LogP contribution in [-0.2, 0) is 16.8 Å². The lowest BCUT2D eigenvalue weighted by molar-refractivity contribution is -0.121. The molecule has 0 radical (unpaired) electrons. The lowest BCUT2D eigenvalue weighted by atomic mass is 10.0. The maximum atomic E-state index is 12.0. The van der Waals surface area contributed by atoms with Crippen LogP contribution in [0, 0.1) is 6.92 Å². The summed E-state index contributed by atoms with van der Waals surface area (Å²) in [7, 11) is 1.60. The number of aryl methyl sites for hydroxylation is 1. The van der Waals surface area contributed by atoms with Gasteiger partial charge in [-0.05, 0) is 43.7 Å². The zero-order chi connectivity index (χ0) is 16.2. The highest BCUT2D eigenvalue weighted by molar-refractivity contribution is 5.78. The molecule has 1 atom stereocenters. The van der Waals surface area contributed by atoms with E-state index in [-0.39, 0.29) is 18.9 Å². The zero-order valence-corrected chi connectivity index (χ0v) is 13.1. The first-order valence-corrected chi connectivity index (χ1v) is 7.09. The van der Waals surface area contributed by atoms with Gasteiger partial charge in [0.2, 0.25) is 5.91 Å². The number of amides is 1. The normalized spacial score (nSPS) is 13.5. The summed E-state index contributed by atoms with van der Waals surface area (Å²) in [6, 6.07) is 10.8. The Bertz CT molecular complexity index is 628. The summed E-state index contributed by atoms with van der Waals surface area (Å²) in [5, 5.41) is 13.1. The van der Waals surface area contributed by atoms with Gasteiger partial charge in [-0.3, -0.25) is 4.79 Å². The van der Waals surface area contributed by atoms with Crippen molar-refractivity contribution in [2.45, 2.75) is 25.9 Å². The molecule has 0 fully saturated rings. The maximum absolute atomic E-state index is 12.0. The number of rotatable bonds is 6. The molecule has 1 aromatic heterocycles. The SMILES string of the molecule is COc1ccc(CC(=O)NCC(C)(O)c2ccc(C)o2)cc1. The van der Waals surface area contributed by atoms with Crippen molar-refractivity contribution in [3.8, 4) is 5.75 Å². The number of hydrogen-bond acceptors (Lipinski definition) is 4. The van der Waals surface area contributed by atoms with Gasteiger partial charge in [-0.25, -0.2) is 0 Å². The predicted molar refractivity (Wildman–Crippen MR) is 82.7 cm³/mol. The van der Waals surface area contributed by atoms with E-state index < -0.39 is 5.60 Å². The van der Waals surface area contributed by atoms with E-state index in [2.05, 4.69) is 5.32 Å². The molecule has 0 saturated heterocycles. The maximum Gasteiger partial charge on any atom is 0.224 e. The van der Waals surface area contributed by atoms with Gasteiger partial charge in [-0.15, -0.1) is 0 Å². The minimum absolute atomic E-state index is 0.0922. The van der Waals surface area contributed by atoms with Gasteiger partial charge in [-0.1, -0.05) is 12.1 Å². The van der Waals surface area contributed by atoms with Gasteiger partial charge >= 0.3 is 0 Å². The van der Waals surface area contributed by atoms with Crippen LogP contribution in [0.25, 0.3) is 0 Å². The molecule has 0 aliphatic heterocycles. The van der Waals surface area contributed by atoms with Gasteiger partial charge in [0.05, 0.1) is 20.1 Å². The van der Waals surface area contributed by atoms with E-state index in [0.29, 0.717) is 5.76 Å². The molecule has 2 aromatic rings. The van der Waals surface area contributed by atoms with E-state index in [1.165, 1.54) is 0 Å². The average Bonchev–Trinajstić information content (AvgIpc) is 2.94. The Morgan fingerprint density at radius 2 is 1.95 bits per heavy atom. The van der Waals surface area contributed by atoms with Crippen LogP contribution in [0.15, 0.2) is 40.8 Å². The molecular weight excluding hydrogens is 282 g/mol. The van der Waals surface area contributed by atoms with Crippen molar-refractivity contribution in [1.29, 1.82) is 0 Å². The van der Waals surface area contributed by atoms with Gasteiger partial charge in [0, 0.05) is 0 Å². The van der Waals surface area contributed by atoms with E-state index in [9.17, 15) is 9.90 Å². The molecular formula is C17H21NO4. The second-order valence-electron chi connectivity index (χ2n) is 5.49. The summed E-state index contributed by atoms with van der Waals surface area (Å²) in [6.45, 7) is 3.51. The van der Waals surface area contributed by atoms with Crippen molar-refractivity contribution in [3.05, 3.63) is 53.5 Å². The molecule has 1 unspecified atom stereocenters. The highest BCUT2D eigenvalue weighted by Gasteiger charge is 2.27. The fourth-order valence-electron chi connectivity index (χ4n) is 2.07. The number of hydrogen-bond donors (Lipinski definition) is 2. The van der Waals surface area contributed by atoms with Gasteiger partial charge in [0.25, 0.3) is 0 Å². The standard InChI is InChI=1S/C17H21NO4/c1-12-4-9-15(22-12)17(2,20)11-18-16(19)10-13-5-7-14(21-3)8-6-13/h4-9,20H,10-11H2,1-3H3,(H,18,19). The second kappa shape index (κ2) is 6.66. The van der Waals surface area contributed by atoms with Crippen LogP contribution in [0.2, 0.25) is 0 Å². The van der Waals surface area contributed by atoms with Crippen LogP contribution in [0.5, 0.6) is 5.75 Å². The molecule has 0 saturated carbocycles. The molecule has 118 valence electrons. The monoisotopic (exact) mass is 303 g/mol. The summed E-state index contributed by atoms with van der Waals surface area (Å²) in [5.74, 6) is 1.75. The first-order valence-electron chi connectivity index (χ1n) is 7.09. The van der Waals surface area contributed by atoms with Crippen LogP contribution in [-0.4, -0.2) is 24.7 Å². The van der Waals surface area contributed by atoms with Crippen molar-refractivity contribution in [1.82, 2.24) is 5.32 Å². The molecule has 0 aliphatic rings. The fourth-order valence-corrected chi connectivity index (χ4v) is 2.07. The average molecular weight is 303 g/mol. The number of benzene rings is 1. The molecule has 2 rings (SSSR count). The minimum atomic E-state index is -1.23. The minimum Gasteiger partial charge on any atom is -0.497 e. The molecule has 0 aliphatic carbocycles. The van der Waals surface area contributed by atoms with E-state index in [0.717, 1.165) is 17.1 Å². The zero-order valence-electron chi connectivity index (χ0n) is 13.1. The lowest BCUT2D eigenvalue weighted by Crippen LogP contribution is -2.39. The summed E-state index contributed by atoms with van der Waals surface area (Å²) in [6.07, 6.45) is 0.247. The van der Waals surface area contributed by atoms with Crippen molar-refractivity contribution >= 4 is 5.91 Å². The highest BCUT2D eigenvalue weighted by Crippen LogP contribution is 2.22. The third kappa shape index (κ3) is 4.11. The van der Waals surface area contributed by atoms with Crippen molar-refractivity contribution in [2.75, 3.05) is 13.7 Å². The fraction of sp³-hybridized carbons (Fsp3) is 0.353. The largest absolute Gasteiger partial charge is 0.497 e. The Balaban J connectivity index is 1.89. The molecule has 1 aromatic carbocycles. The van der Waals surface area contributed by atoms with Crippen LogP contribution >= 0.6 is 0 Å². The number of aliphatic hydroxyl groups is 1. The highest BCUT2D eigenvalue weighted by atomic mass is 16.5. The van der Waals surface area contributed by atoms with Crippen molar-refractivity contribution in [3.63, 3.8) is 0 Å². The molecule has 5 nitrogen and oxygen atoms in total. The van der Waals surface area contributed by atoms with E-state index >= 15 is 0 Å². The van der Waals surface area contributed by atoms with Gasteiger partial charge in [-0.2, -0.15) is 0 Å². The Morgan fingerprint density at radius 3 is 2.50 bits per heavy atom. The Hall–Kier alpha value is -2.27. The summed E-state index contributed by atoms with van der Waals surface area (Å²) in [4.78, 5) is 12.0. The Labute approximate surface area is 129 Å². The number of methoxy groups -OCH3 is 1. The predicted octanol–water partition coefficient (Wildman–Crippen LogP) is 2.16. The topological polar surface area (TPSA) is 71.7 Å². The van der Waals surface area contributed by atoms with E-state index in [4.69, 9.17) is 9.15 Å². The third-order valence-electron chi connectivity index (χ3n) is 3.42. The van der Waals surface area contributed by atoms with Gasteiger partial charge < -0.3 is 19.6 Å². The molecule has 2 N–H and O–H groups in total. The number of furan rings is 1. The molecule has 22 heavy (non-hydrogen) atoms. The van der Waals surface area contributed by atoms with E-state index in [1.807, 2.05) is 31.2 Å². The van der Waals surface area contributed by atoms with Gasteiger partial charge in [0.15, 0.2) is 0 Å². The smallest absolute Gasteiger partial charge is 0.224 e. The number of ether oxygens (including phenoxy) is 1. The van der Waals surface area contributed by atoms with Crippen molar-refractivity contribution < 1.29 is 19.1 Å².